The summed E-state index contributed by atoms with van der Waals surface area (Å²) in [7, 11) is 0. The predicted octanol–water partition coefficient (Wildman–Crippen LogP) is 3.22. The van der Waals surface area contributed by atoms with E-state index in [0.717, 1.165) is 5.56 Å². The Bertz CT molecular complexity index is 991. The van der Waals surface area contributed by atoms with Crippen LogP contribution in [0.3, 0.4) is 0 Å². The molecule has 27 heavy (non-hydrogen) atoms. The molecule has 0 atom stereocenters. The summed E-state index contributed by atoms with van der Waals surface area (Å²) < 4.78 is 2.65. The highest BCUT2D eigenvalue weighted by Crippen LogP contribution is 2.21. The minimum Gasteiger partial charge on any atom is -0.342 e. The number of aromatic nitrogens is 3. The molecule has 1 amide bonds. The maximum absolute atomic E-state index is 13.1. The Labute approximate surface area is 162 Å². The fraction of sp³-hybridized carbons (Fsp3) is 0.250. The zero-order chi connectivity index (χ0) is 19.4. The van der Waals surface area contributed by atoms with Gasteiger partial charge >= 0.3 is 5.69 Å². The van der Waals surface area contributed by atoms with Crippen LogP contribution in [-0.4, -0.2) is 38.2 Å². The molecule has 0 fully saturated rings. The van der Waals surface area contributed by atoms with Crippen molar-refractivity contribution in [1.29, 1.82) is 0 Å². The molecule has 0 aliphatic rings. The van der Waals surface area contributed by atoms with E-state index in [1.807, 2.05) is 44.2 Å². The van der Waals surface area contributed by atoms with Crippen LogP contribution in [0.2, 0.25) is 5.02 Å². The summed E-state index contributed by atoms with van der Waals surface area (Å²) in [4.78, 5) is 27.4. The third-order valence-corrected chi connectivity index (χ3v) is 4.70. The molecule has 1 aromatic heterocycles. The molecule has 6 nitrogen and oxygen atoms in total. The Morgan fingerprint density at radius 3 is 2.30 bits per heavy atom. The first kappa shape index (κ1) is 18.9. The van der Waals surface area contributed by atoms with Crippen LogP contribution in [0.1, 0.15) is 13.8 Å². The third-order valence-electron chi connectivity index (χ3n) is 4.38. The highest BCUT2D eigenvalue weighted by molar-refractivity contribution is 6.32. The highest BCUT2D eigenvalue weighted by Gasteiger charge is 2.21. The van der Waals surface area contributed by atoms with Crippen molar-refractivity contribution in [3.8, 4) is 17.1 Å². The van der Waals surface area contributed by atoms with Gasteiger partial charge in [-0.1, -0.05) is 54.1 Å². The topological polar surface area (TPSA) is 60.1 Å². The Morgan fingerprint density at radius 1 is 1.04 bits per heavy atom. The highest BCUT2D eigenvalue weighted by atomic mass is 35.5. The molecule has 0 saturated carbocycles. The second kappa shape index (κ2) is 8.22. The van der Waals surface area contributed by atoms with Crippen molar-refractivity contribution in [2.75, 3.05) is 13.1 Å². The molecule has 0 aliphatic heterocycles. The van der Waals surface area contributed by atoms with Crippen LogP contribution in [0.25, 0.3) is 17.1 Å². The average molecular weight is 385 g/mol. The second-order valence-corrected chi connectivity index (χ2v) is 6.39. The molecule has 0 radical (unpaired) electrons. The number of hydrogen-bond donors (Lipinski definition) is 0. The van der Waals surface area contributed by atoms with Gasteiger partial charge in [0.1, 0.15) is 6.54 Å². The lowest BCUT2D eigenvalue weighted by Crippen LogP contribution is -2.36. The number of carbonyl (C=O) groups excluding carboxylic acids is 1. The van der Waals surface area contributed by atoms with Crippen molar-refractivity contribution in [2.45, 2.75) is 20.4 Å². The minimum absolute atomic E-state index is 0.0742. The molecule has 0 N–H and O–H groups in total. The molecular weight excluding hydrogens is 364 g/mol. The first-order chi connectivity index (χ1) is 13.1. The smallest absolute Gasteiger partial charge is 0.342 e. The van der Waals surface area contributed by atoms with E-state index in [1.165, 1.54) is 9.25 Å². The summed E-state index contributed by atoms with van der Waals surface area (Å²) in [6.45, 7) is 4.92. The van der Waals surface area contributed by atoms with Crippen molar-refractivity contribution >= 4 is 17.5 Å². The number of rotatable bonds is 6. The standard InChI is InChI=1S/C20H21ClN4O2/c1-3-23(4-2)18(26)14-24-19(15-10-6-5-7-11-15)22-25(20(24)27)17-13-9-8-12-16(17)21/h5-13H,3-4,14H2,1-2H3. The Kier molecular flexibility index (Phi) is 5.76. The van der Waals surface area contributed by atoms with Gasteiger partial charge in [0.15, 0.2) is 5.82 Å². The van der Waals surface area contributed by atoms with Gasteiger partial charge in [-0.05, 0) is 26.0 Å². The average Bonchev–Trinajstić information content (AvgIpc) is 3.00. The van der Waals surface area contributed by atoms with Crippen LogP contribution in [-0.2, 0) is 11.3 Å². The summed E-state index contributed by atoms with van der Waals surface area (Å²) >= 11 is 6.26. The molecule has 0 aliphatic carbocycles. The van der Waals surface area contributed by atoms with Gasteiger partial charge in [0.25, 0.3) is 0 Å². The van der Waals surface area contributed by atoms with E-state index in [0.29, 0.717) is 29.6 Å². The van der Waals surface area contributed by atoms with Gasteiger partial charge in [-0.15, -0.1) is 5.10 Å². The van der Waals surface area contributed by atoms with Gasteiger partial charge in [-0.2, -0.15) is 4.68 Å². The summed E-state index contributed by atoms with van der Waals surface area (Å²) in [6, 6.07) is 16.3. The number of halogens is 1. The molecule has 0 bridgehead atoms. The summed E-state index contributed by atoms with van der Waals surface area (Å²) in [6.07, 6.45) is 0. The molecule has 1 heterocycles. The zero-order valence-corrected chi connectivity index (χ0v) is 16.1. The van der Waals surface area contributed by atoms with Crippen molar-refractivity contribution in [3.63, 3.8) is 0 Å². The molecule has 3 rings (SSSR count). The van der Waals surface area contributed by atoms with E-state index in [-0.39, 0.29) is 12.5 Å². The van der Waals surface area contributed by atoms with Gasteiger partial charge in [0.05, 0.1) is 10.7 Å². The predicted molar refractivity (Wildman–Crippen MR) is 106 cm³/mol. The zero-order valence-electron chi connectivity index (χ0n) is 15.3. The molecular formula is C20H21ClN4O2. The van der Waals surface area contributed by atoms with Gasteiger partial charge < -0.3 is 4.90 Å². The van der Waals surface area contributed by atoms with E-state index in [9.17, 15) is 9.59 Å². The summed E-state index contributed by atoms with van der Waals surface area (Å²) in [5.74, 6) is 0.305. The number of likely N-dealkylation sites (N-methyl/N-ethyl adjacent to an activating group) is 1. The second-order valence-electron chi connectivity index (χ2n) is 5.99. The van der Waals surface area contributed by atoms with Crippen molar-refractivity contribution in [3.05, 3.63) is 70.1 Å². The monoisotopic (exact) mass is 384 g/mol. The van der Waals surface area contributed by atoms with Crippen LogP contribution in [0.15, 0.2) is 59.4 Å². The lowest BCUT2D eigenvalue weighted by atomic mass is 10.2. The lowest BCUT2D eigenvalue weighted by Gasteiger charge is -2.18. The first-order valence-corrected chi connectivity index (χ1v) is 9.22. The summed E-state index contributed by atoms with van der Waals surface area (Å²) in [5.41, 5.74) is 0.839. The largest absolute Gasteiger partial charge is 0.351 e. The van der Waals surface area contributed by atoms with E-state index in [2.05, 4.69) is 5.10 Å². The molecule has 0 unspecified atom stereocenters. The number of para-hydroxylation sites is 1. The molecule has 3 aromatic rings. The van der Waals surface area contributed by atoms with Crippen molar-refractivity contribution < 1.29 is 4.79 Å². The molecule has 7 heteroatoms. The van der Waals surface area contributed by atoms with E-state index in [4.69, 9.17) is 11.6 Å². The summed E-state index contributed by atoms with van der Waals surface area (Å²) in [5, 5.41) is 4.90. The van der Waals surface area contributed by atoms with Crippen LogP contribution in [0.5, 0.6) is 0 Å². The van der Waals surface area contributed by atoms with Gasteiger partial charge in [-0.3, -0.25) is 9.36 Å². The number of benzene rings is 2. The minimum atomic E-state index is -0.401. The van der Waals surface area contributed by atoms with Crippen molar-refractivity contribution in [1.82, 2.24) is 19.2 Å². The van der Waals surface area contributed by atoms with E-state index in [1.54, 1.807) is 29.2 Å². The molecule has 140 valence electrons. The number of nitrogens with zero attached hydrogens (tertiary/aromatic N) is 4. The SMILES string of the molecule is CCN(CC)C(=O)Cn1c(-c2ccccc2)nn(-c2ccccc2Cl)c1=O. The van der Waals surface area contributed by atoms with Crippen LogP contribution in [0, 0.1) is 0 Å². The Morgan fingerprint density at radius 2 is 1.67 bits per heavy atom. The Balaban J connectivity index is 2.14. The van der Waals surface area contributed by atoms with E-state index >= 15 is 0 Å². The molecule has 2 aromatic carbocycles. The van der Waals surface area contributed by atoms with Crippen LogP contribution >= 0.6 is 11.6 Å². The first-order valence-electron chi connectivity index (χ1n) is 8.84. The van der Waals surface area contributed by atoms with Gasteiger partial charge in [-0.25, -0.2) is 4.79 Å². The third kappa shape index (κ3) is 3.80. The van der Waals surface area contributed by atoms with Crippen molar-refractivity contribution in [2.24, 2.45) is 0 Å². The lowest BCUT2D eigenvalue weighted by molar-refractivity contribution is -0.131. The van der Waals surface area contributed by atoms with Crippen LogP contribution < -0.4 is 5.69 Å². The van der Waals surface area contributed by atoms with Gasteiger partial charge in [0, 0.05) is 18.7 Å². The number of carbonyl (C=O) groups is 1. The van der Waals surface area contributed by atoms with E-state index < -0.39 is 5.69 Å². The fourth-order valence-electron chi connectivity index (χ4n) is 2.93. The van der Waals surface area contributed by atoms with Crippen LogP contribution in [0.4, 0.5) is 0 Å². The normalized spacial score (nSPS) is 10.8. The maximum atomic E-state index is 13.1. The number of hydrogen-bond acceptors (Lipinski definition) is 3. The molecule has 0 spiro atoms. The fourth-order valence-corrected chi connectivity index (χ4v) is 3.15. The van der Waals surface area contributed by atoms with Gasteiger partial charge in [0.2, 0.25) is 5.91 Å². The number of amides is 1. The maximum Gasteiger partial charge on any atom is 0.351 e. The molecule has 0 saturated heterocycles. The quantitative estimate of drug-likeness (QED) is 0.655. The Hall–Kier alpha value is -2.86.